The molecule has 1 amide bonds. The molecule has 3 aromatic rings. The van der Waals surface area contributed by atoms with Crippen LogP contribution in [0, 0.1) is 5.82 Å². The maximum Gasteiger partial charge on any atom is 0.290 e. The summed E-state index contributed by atoms with van der Waals surface area (Å²) in [7, 11) is 0. The smallest absolute Gasteiger partial charge is 0.290 e. The van der Waals surface area contributed by atoms with Crippen molar-refractivity contribution in [1.29, 1.82) is 0 Å². The van der Waals surface area contributed by atoms with Crippen LogP contribution in [0.25, 0.3) is 11.0 Å². The first kappa shape index (κ1) is 22.1. The molecule has 0 N–H and O–H groups in total. The van der Waals surface area contributed by atoms with E-state index in [9.17, 15) is 14.0 Å². The van der Waals surface area contributed by atoms with E-state index in [0.29, 0.717) is 12.1 Å². The van der Waals surface area contributed by atoms with Crippen LogP contribution >= 0.6 is 11.8 Å². The van der Waals surface area contributed by atoms with Crippen LogP contribution in [0.15, 0.2) is 56.6 Å². The molecule has 0 aliphatic carbocycles. The molecule has 0 bridgehead atoms. The van der Waals surface area contributed by atoms with Crippen LogP contribution in [-0.2, 0) is 4.74 Å². The zero-order valence-electron chi connectivity index (χ0n) is 18.4. The Morgan fingerprint density at radius 2 is 1.82 bits per heavy atom. The first-order valence-electron chi connectivity index (χ1n) is 11.1. The third kappa shape index (κ3) is 4.18. The topological polar surface area (TPSA) is 63.0 Å². The molecule has 2 aliphatic heterocycles. The number of nitrogens with zero attached hydrogens (tertiary/aromatic N) is 2. The van der Waals surface area contributed by atoms with E-state index in [1.165, 1.54) is 18.2 Å². The summed E-state index contributed by atoms with van der Waals surface area (Å²) in [4.78, 5) is 32.0. The molecule has 8 heteroatoms. The SMILES string of the molecule is CSc1ccc([C@H]2c3c(oc4ccc(F)cc4c3=O)C(=O)N2CCCN2CCOCC2)cc1. The summed E-state index contributed by atoms with van der Waals surface area (Å²) in [6.45, 7) is 4.53. The van der Waals surface area contributed by atoms with E-state index < -0.39 is 11.9 Å². The van der Waals surface area contributed by atoms with Gasteiger partial charge in [-0.25, -0.2) is 4.39 Å². The van der Waals surface area contributed by atoms with Gasteiger partial charge in [0.15, 0.2) is 5.43 Å². The first-order chi connectivity index (χ1) is 16.1. The van der Waals surface area contributed by atoms with Crippen molar-refractivity contribution in [2.24, 2.45) is 0 Å². The molecule has 33 heavy (non-hydrogen) atoms. The molecule has 1 atom stereocenters. The molecule has 6 nitrogen and oxygen atoms in total. The van der Waals surface area contributed by atoms with Crippen molar-refractivity contribution >= 4 is 28.6 Å². The fourth-order valence-electron chi connectivity index (χ4n) is 4.65. The summed E-state index contributed by atoms with van der Waals surface area (Å²) in [5.74, 6) is -0.749. The van der Waals surface area contributed by atoms with E-state index in [4.69, 9.17) is 9.15 Å². The van der Waals surface area contributed by atoms with Crippen LogP contribution < -0.4 is 5.43 Å². The highest BCUT2D eigenvalue weighted by atomic mass is 32.2. The Kier molecular flexibility index (Phi) is 6.23. The van der Waals surface area contributed by atoms with Gasteiger partial charge in [-0.15, -0.1) is 11.8 Å². The lowest BCUT2D eigenvalue weighted by Gasteiger charge is -2.29. The maximum absolute atomic E-state index is 13.9. The Labute approximate surface area is 195 Å². The van der Waals surface area contributed by atoms with Gasteiger partial charge in [0.2, 0.25) is 5.76 Å². The number of benzene rings is 2. The minimum atomic E-state index is -0.558. The number of hydrogen-bond donors (Lipinski definition) is 0. The average molecular weight is 469 g/mol. The second-order valence-electron chi connectivity index (χ2n) is 8.30. The molecular formula is C25H25FN2O4S. The van der Waals surface area contributed by atoms with Gasteiger partial charge in [-0.3, -0.25) is 14.5 Å². The van der Waals surface area contributed by atoms with E-state index in [1.54, 1.807) is 16.7 Å². The summed E-state index contributed by atoms with van der Waals surface area (Å²) in [5, 5.41) is 0.155. The third-order valence-electron chi connectivity index (χ3n) is 6.34. The van der Waals surface area contributed by atoms with Crippen LogP contribution in [0.5, 0.6) is 0 Å². The van der Waals surface area contributed by atoms with Crippen LogP contribution in [0.3, 0.4) is 0 Å². The fraction of sp³-hybridized carbons (Fsp3) is 0.360. The van der Waals surface area contributed by atoms with Gasteiger partial charge in [0.05, 0.1) is 30.2 Å². The van der Waals surface area contributed by atoms with Crippen molar-refractivity contribution in [3.05, 3.63) is 75.4 Å². The summed E-state index contributed by atoms with van der Waals surface area (Å²) in [6.07, 6.45) is 2.76. The Balaban J connectivity index is 1.53. The van der Waals surface area contributed by atoms with Crippen LogP contribution in [0.4, 0.5) is 4.39 Å². The number of rotatable bonds is 6. The maximum atomic E-state index is 13.9. The summed E-state index contributed by atoms with van der Waals surface area (Å²) >= 11 is 1.63. The van der Waals surface area contributed by atoms with Gasteiger partial charge in [-0.2, -0.15) is 0 Å². The lowest BCUT2D eigenvalue weighted by atomic mass is 9.98. The van der Waals surface area contributed by atoms with Crippen LogP contribution in [0.2, 0.25) is 0 Å². The predicted octanol–water partition coefficient (Wildman–Crippen LogP) is 3.92. The summed E-state index contributed by atoms with van der Waals surface area (Å²) in [5.41, 5.74) is 1.00. The van der Waals surface area contributed by atoms with Gasteiger partial charge in [-0.1, -0.05) is 12.1 Å². The molecule has 3 heterocycles. The predicted molar refractivity (Wildman–Crippen MR) is 125 cm³/mol. The highest BCUT2D eigenvalue weighted by molar-refractivity contribution is 7.98. The second-order valence-corrected chi connectivity index (χ2v) is 9.18. The van der Waals surface area contributed by atoms with Crippen molar-refractivity contribution in [3.63, 3.8) is 0 Å². The molecule has 172 valence electrons. The molecule has 0 spiro atoms. The molecule has 2 aliphatic rings. The molecule has 2 aromatic carbocycles. The van der Waals surface area contributed by atoms with E-state index in [0.717, 1.165) is 49.7 Å². The van der Waals surface area contributed by atoms with Gasteiger partial charge in [0.1, 0.15) is 11.4 Å². The molecular weight excluding hydrogens is 443 g/mol. The fourth-order valence-corrected chi connectivity index (χ4v) is 5.05. The number of fused-ring (bicyclic) bond motifs is 2. The zero-order chi connectivity index (χ0) is 22.9. The Bertz CT molecular complexity index is 1240. The third-order valence-corrected chi connectivity index (χ3v) is 7.08. The lowest BCUT2D eigenvalue weighted by Crippen LogP contribution is -2.38. The number of carbonyl (C=O) groups is 1. The summed E-state index contributed by atoms with van der Waals surface area (Å²) in [6, 6.07) is 11.1. The summed E-state index contributed by atoms with van der Waals surface area (Å²) < 4.78 is 25.2. The van der Waals surface area contributed by atoms with Gasteiger partial charge in [0.25, 0.3) is 5.91 Å². The molecule has 0 saturated carbocycles. The van der Waals surface area contributed by atoms with Crippen molar-refractivity contribution in [3.8, 4) is 0 Å². The molecule has 0 radical (unpaired) electrons. The minimum absolute atomic E-state index is 0.0597. The monoisotopic (exact) mass is 468 g/mol. The minimum Gasteiger partial charge on any atom is -0.450 e. The molecule has 1 saturated heterocycles. The Morgan fingerprint density at radius 3 is 2.55 bits per heavy atom. The van der Waals surface area contributed by atoms with Gasteiger partial charge in [0, 0.05) is 31.1 Å². The highest BCUT2D eigenvalue weighted by Gasteiger charge is 2.42. The van der Waals surface area contributed by atoms with Gasteiger partial charge < -0.3 is 14.1 Å². The number of carbonyl (C=O) groups excluding carboxylic acids is 1. The largest absolute Gasteiger partial charge is 0.450 e. The van der Waals surface area contributed by atoms with Crippen molar-refractivity contribution < 1.29 is 18.3 Å². The number of thioether (sulfide) groups is 1. The van der Waals surface area contributed by atoms with Crippen molar-refractivity contribution in [2.75, 3.05) is 45.6 Å². The van der Waals surface area contributed by atoms with E-state index in [-0.39, 0.29) is 28.1 Å². The van der Waals surface area contributed by atoms with Crippen molar-refractivity contribution in [1.82, 2.24) is 9.80 Å². The standard InChI is InChI=1S/C25H25FN2O4S/c1-33-18-6-3-16(4-7-18)22-21-23(29)19-15-17(26)5-8-20(19)32-24(21)25(30)28(22)10-2-9-27-11-13-31-14-12-27/h3-8,15,22H,2,9-14H2,1H3/t22-/m0/s1. The molecule has 0 unspecified atom stereocenters. The number of halogens is 1. The Morgan fingerprint density at radius 1 is 1.06 bits per heavy atom. The van der Waals surface area contributed by atoms with Gasteiger partial charge in [-0.05, 0) is 48.6 Å². The lowest BCUT2D eigenvalue weighted by molar-refractivity contribution is 0.0353. The molecule has 1 fully saturated rings. The number of amides is 1. The van der Waals surface area contributed by atoms with Crippen molar-refractivity contribution in [2.45, 2.75) is 17.4 Å². The highest BCUT2D eigenvalue weighted by Crippen LogP contribution is 2.38. The van der Waals surface area contributed by atoms with Crippen LogP contribution in [-0.4, -0.2) is 61.4 Å². The number of hydrogen-bond acceptors (Lipinski definition) is 6. The molecule has 5 rings (SSSR count). The average Bonchev–Trinajstić information content (AvgIpc) is 3.12. The van der Waals surface area contributed by atoms with E-state index >= 15 is 0 Å². The normalized spacial score (nSPS) is 18.8. The second kappa shape index (κ2) is 9.29. The van der Waals surface area contributed by atoms with E-state index in [2.05, 4.69) is 4.90 Å². The first-order valence-corrected chi connectivity index (χ1v) is 12.3. The zero-order valence-corrected chi connectivity index (χ0v) is 19.2. The quantitative estimate of drug-likeness (QED) is 0.511. The van der Waals surface area contributed by atoms with Gasteiger partial charge >= 0.3 is 0 Å². The number of morpholine rings is 1. The number of ether oxygens (including phenoxy) is 1. The van der Waals surface area contributed by atoms with E-state index in [1.807, 2.05) is 30.5 Å². The molecule has 1 aromatic heterocycles. The Hall–Kier alpha value is -2.68. The van der Waals surface area contributed by atoms with Crippen LogP contribution in [0.1, 0.15) is 34.1 Å².